The van der Waals surface area contributed by atoms with Crippen molar-refractivity contribution in [3.05, 3.63) is 45.3 Å². The van der Waals surface area contributed by atoms with E-state index >= 15 is 0 Å². The molecule has 1 N–H and O–H groups in total. The first-order valence-corrected chi connectivity index (χ1v) is 12.5. The third-order valence-corrected chi connectivity index (χ3v) is 7.16. The Morgan fingerprint density at radius 1 is 1.12 bits per heavy atom. The van der Waals surface area contributed by atoms with Gasteiger partial charge in [0.25, 0.3) is 0 Å². The molecule has 0 bridgehead atoms. The van der Waals surface area contributed by atoms with Gasteiger partial charge in [0.15, 0.2) is 11.0 Å². The summed E-state index contributed by atoms with van der Waals surface area (Å²) in [5, 5.41) is 12.3. The van der Waals surface area contributed by atoms with Crippen molar-refractivity contribution in [3.63, 3.8) is 0 Å². The van der Waals surface area contributed by atoms with Gasteiger partial charge < -0.3 is 19.4 Å². The van der Waals surface area contributed by atoms with Crippen molar-refractivity contribution >= 4 is 57.5 Å². The number of hydrogen-bond acceptors (Lipinski definition) is 9. The Morgan fingerprint density at radius 2 is 1.79 bits per heavy atom. The van der Waals surface area contributed by atoms with Gasteiger partial charge in [-0.3, -0.25) is 4.79 Å². The number of esters is 2. The molecule has 0 aliphatic rings. The normalized spacial score (nSPS) is 10.7. The molecule has 3 rings (SSSR count). The van der Waals surface area contributed by atoms with Crippen LogP contribution in [0.2, 0.25) is 5.02 Å². The smallest absolute Gasteiger partial charge is 0.348 e. The molecule has 0 saturated carbocycles. The predicted octanol–water partition coefficient (Wildman–Crippen LogP) is 4.59. The fraction of sp³-hybridized carbons (Fsp3) is 0.318. The third kappa shape index (κ3) is 5.60. The van der Waals surface area contributed by atoms with Crippen LogP contribution < -0.4 is 5.32 Å². The van der Waals surface area contributed by atoms with Crippen molar-refractivity contribution in [3.8, 4) is 11.4 Å². The molecule has 0 aliphatic heterocycles. The molecule has 0 saturated heterocycles. The van der Waals surface area contributed by atoms with Gasteiger partial charge in [0.2, 0.25) is 5.91 Å². The number of nitrogens with one attached hydrogen (secondary N) is 1. The summed E-state index contributed by atoms with van der Waals surface area (Å²) >= 11 is 8.41. The van der Waals surface area contributed by atoms with E-state index in [-0.39, 0.29) is 40.3 Å². The van der Waals surface area contributed by atoms with E-state index in [1.165, 1.54) is 11.8 Å². The molecule has 34 heavy (non-hydrogen) atoms. The summed E-state index contributed by atoms with van der Waals surface area (Å²) in [5.41, 5.74) is 1.28. The minimum atomic E-state index is -0.618. The number of anilines is 1. The van der Waals surface area contributed by atoms with Gasteiger partial charge in [0.1, 0.15) is 9.88 Å². The number of nitrogens with zero attached hydrogens (tertiary/aromatic N) is 3. The second kappa shape index (κ2) is 11.5. The van der Waals surface area contributed by atoms with Crippen molar-refractivity contribution in [2.75, 3.05) is 24.3 Å². The summed E-state index contributed by atoms with van der Waals surface area (Å²) in [5.74, 6) is -0.979. The first kappa shape index (κ1) is 25.7. The average molecular weight is 523 g/mol. The van der Waals surface area contributed by atoms with Crippen LogP contribution in [0.4, 0.5) is 5.00 Å². The second-order valence-corrected chi connectivity index (χ2v) is 9.25. The van der Waals surface area contributed by atoms with E-state index in [0.29, 0.717) is 21.6 Å². The van der Waals surface area contributed by atoms with E-state index in [2.05, 4.69) is 15.5 Å². The predicted molar refractivity (Wildman–Crippen MR) is 132 cm³/mol. The Kier molecular flexibility index (Phi) is 8.70. The highest BCUT2D eigenvalue weighted by atomic mass is 35.5. The lowest BCUT2D eigenvalue weighted by atomic mass is 10.1. The molecular weight excluding hydrogens is 500 g/mol. The molecule has 1 aromatic carbocycles. The molecule has 9 nitrogen and oxygen atoms in total. The Labute approximate surface area is 209 Å². The summed E-state index contributed by atoms with van der Waals surface area (Å²) in [7, 11) is 1.78. The topological polar surface area (TPSA) is 112 Å². The van der Waals surface area contributed by atoms with Crippen molar-refractivity contribution in [2.24, 2.45) is 7.05 Å². The van der Waals surface area contributed by atoms with E-state index in [1.807, 2.05) is 18.2 Å². The standard InChI is InChI=1S/C22H23ClN4O5S2/c1-5-31-20(29)16-12(3)17(21(30)32-6-2)34-19(16)24-15(28)11-33-22-26-25-18(27(22)4)13-9-7-8-10-14(13)23/h7-10H,5-6,11H2,1-4H3,(H,24,28). The molecule has 0 unspecified atom stereocenters. The zero-order valence-corrected chi connectivity index (χ0v) is 21.4. The maximum Gasteiger partial charge on any atom is 0.348 e. The van der Waals surface area contributed by atoms with Gasteiger partial charge in [-0.25, -0.2) is 9.59 Å². The Morgan fingerprint density at radius 3 is 2.47 bits per heavy atom. The van der Waals surface area contributed by atoms with E-state index in [4.69, 9.17) is 21.1 Å². The number of aromatic nitrogens is 3. The van der Waals surface area contributed by atoms with Crippen LogP contribution in [0.15, 0.2) is 29.4 Å². The fourth-order valence-corrected chi connectivity index (χ4v) is 5.09. The highest BCUT2D eigenvalue weighted by Crippen LogP contribution is 2.35. The molecule has 0 fully saturated rings. The fourth-order valence-electron chi connectivity index (χ4n) is 3.05. The van der Waals surface area contributed by atoms with Gasteiger partial charge in [0.05, 0.1) is 29.6 Å². The van der Waals surface area contributed by atoms with Crippen LogP contribution >= 0.6 is 34.7 Å². The number of halogens is 1. The number of carbonyl (C=O) groups is 3. The quantitative estimate of drug-likeness (QED) is 0.321. The lowest BCUT2D eigenvalue weighted by Gasteiger charge is -2.07. The van der Waals surface area contributed by atoms with Crippen LogP contribution in [-0.4, -0.2) is 51.6 Å². The summed E-state index contributed by atoms with van der Waals surface area (Å²) in [6.45, 7) is 5.34. The summed E-state index contributed by atoms with van der Waals surface area (Å²) in [6.07, 6.45) is 0. The molecule has 2 aromatic heterocycles. The largest absolute Gasteiger partial charge is 0.462 e. The average Bonchev–Trinajstić information content (AvgIpc) is 3.32. The van der Waals surface area contributed by atoms with Crippen LogP contribution in [0.1, 0.15) is 39.4 Å². The number of amides is 1. The SMILES string of the molecule is CCOC(=O)c1sc(NC(=O)CSc2nnc(-c3ccccc3Cl)n2C)c(C(=O)OCC)c1C. The van der Waals surface area contributed by atoms with E-state index in [0.717, 1.165) is 16.9 Å². The van der Waals surface area contributed by atoms with Crippen LogP contribution in [0.5, 0.6) is 0 Å². The molecule has 2 heterocycles. The molecule has 0 atom stereocenters. The van der Waals surface area contributed by atoms with Crippen molar-refractivity contribution < 1.29 is 23.9 Å². The van der Waals surface area contributed by atoms with Gasteiger partial charge in [-0.1, -0.05) is 35.5 Å². The minimum Gasteiger partial charge on any atom is -0.462 e. The van der Waals surface area contributed by atoms with Crippen LogP contribution in [0.25, 0.3) is 11.4 Å². The number of benzene rings is 1. The number of thioether (sulfide) groups is 1. The van der Waals surface area contributed by atoms with Gasteiger partial charge >= 0.3 is 11.9 Å². The number of ether oxygens (including phenoxy) is 2. The molecule has 1 amide bonds. The van der Waals surface area contributed by atoms with Gasteiger partial charge in [0, 0.05) is 12.6 Å². The highest BCUT2D eigenvalue weighted by Gasteiger charge is 2.27. The van der Waals surface area contributed by atoms with Crippen LogP contribution in [0, 0.1) is 6.92 Å². The number of hydrogen-bond donors (Lipinski definition) is 1. The number of rotatable bonds is 9. The molecule has 0 radical (unpaired) electrons. The minimum absolute atomic E-state index is 0.00243. The van der Waals surface area contributed by atoms with E-state index in [9.17, 15) is 14.4 Å². The molecule has 180 valence electrons. The van der Waals surface area contributed by atoms with Gasteiger partial charge in [-0.05, 0) is 38.5 Å². The Balaban J connectivity index is 1.76. The lowest BCUT2D eigenvalue weighted by molar-refractivity contribution is -0.113. The first-order valence-electron chi connectivity index (χ1n) is 10.3. The first-order chi connectivity index (χ1) is 16.3. The molecule has 12 heteroatoms. The summed E-state index contributed by atoms with van der Waals surface area (Å²) < 4.78 is 11.9. The zero-order chi connectivity index (χ0) is 24.8. The molecule has 0 aliphatic carbocycles. The van der Waals surface area contributed by atoms with E-state index in [1.54, 1.807) is 38.5 Å². The Hall–Kier alpha value is -2.89. The molecular formula is C22H23ClN4O5S2. The van der Waals surface area contributed by atoms with Crippen molar-refractivity contribution in [2.45, 2.75) is 25.9 Å². The summed E-state index contributed by atoms with van der Waals surface area (Å²) in [6, 6.07) is 7.28. The third-order valence-electron chi connectivity index (χ3n) is 4.62. The zero-order valence-electron chi connectivity index (χ0n) is 19.0. The second-order valence-electron chi connectivity index (χ2n) is 6.88. The highest BCUT2D eigenvalue weighted by molar-refractivity contribution is 7.99. The van der Waals surface area contributed by atoms with Gasteiger partial charge in [-0.15, -0.1) is 21.5 Å². The number of thiophene rings is 1. The maximum absolute atomic E-state index is 12.7. The molecule has 3 aromatic rings. The number of carbonyl (C=O) groups excluding carboxylic acids is 3. The van der Waals surface area contributed by atoms with Crippen LogP contribution in [0.3, 0.4) is 0 Å². The maximum atomic E-state index is 12.7. The monoisotopic (exact) mass is 522 g/mol. The van der Waals surface area contributed by atoms with Crippen molar-refractivity contribution in [1.82, 2.24) is 14.8 Å². The molecule has 0 spiro atoms. The lowest BCUT2D eigenvalue weighted by Crippen LogP contribution is -2.16. The Bertz CT molecular complexity index is 1220. The van der Waals surface area contributed by atoms with Gasteiger partial charge in [-0.2, -0.15) is 0 Å². The van der Waals surface area contributed by atoms with Crippen molar-refractivity contribution in [1.29, 1.82) is 0 Å². The van der Waals surface area contributed by atoms with Crippen LogP contribution in [-0.2, 0) is 21.3 Å². The van der Waals surface area contributed by atoms with E-state index < -0.39 is 11.9 Å². The summed E-state index contributed by atoms with van der Waals surface area (Å²) in [4.78, 5) is 37.7.